The molecule has 1 aliphatic heterocycles. The van der Waals surface area contributed by atoms with Crippen molar-refractivity contribution in [3.05, 3.63) is 286 Å². The molecule has 0 N–H and O–H groups in total. The summed E-state index contributed by atoms with van der Waals surface area (Å²) < 4.78 is 0. The molecule has 4 aliphatic carbocycles. The number of anilines is 5. The van der Waals surface area contributed by atoms with Gasteiger partial charge in [-0.1, -0.05) is 191 Å². The highest BCUT2D eigenvalue weighted by Gasteiger charge is 2.42. The first-order valence-corrected chi connectivity index (χ1v) is 27.3. The minimum absolute atomic E-state index is 0.209. The number of aryl methyl sites for hydroxylation is 2. The molecule has 9 aromatic rings. The second-order valence-corrected chi connectivity index (χ2v) is 23.0. The number of nitrogens with zero attached hydrogens (tertiary/aromatic N) is 2. The number of allylic oxidation sites excluding steroid dienone is 8. The molecule has 0 spiro atoms. The Morgan fingerprint density at radius 3 is 1.64 bits per heavy atom. The van der Waals surface area contributed by atoms with E-state index in [1.165, 1.54) is 129 Å². The molecule has 0 saturated heterocycles. The lowest BCUT2D eigenvalue weighted by Crippen LogP contribution is -2.18. The third kappa shape index (κ3) is 7.44. The second-order valence-electron chi connectivity index (χ2n) is 23.0. The van der Waals surface area contributed by atoms with Crippen molar-refractivity contribution in [3.8, 4) is 44.5 Å². The molecule has 0 bridgehead atoms. The van der Waals surface area contributed by atoms with Crippen LogP contribution in [0.4, 0.5) is 28.4 Å². The maximum Gasteiger partial charge on any atom is 0.0501 e. The minimum atomic E-state index is -0.215. The van der Waals surface area contributed by atoms with Crippen molar-refractivity contribution in [2.45, 2.75) is 77.0 Å². The zero-order chi connectivity index (χ0) is 51.5. The van der Waals surface area contributed by atoms with Crippen molar-refractivity contribution in [2.24, 2.45) is 0 Å². The summed E-state index contributed by atoms with van der Waals surface area (Å²) in [6.45, 7) is 14.0. The van der Waals surface area contributed by atoms with Gasteiger partial charge in [0.2, 0.25) is 0 Å². The highest BCUT2D eigenvalue weighted by Crippen LogP contribution is 2.58. The lowest BCUT2D eigenvalue weighted by atomic mass is 9.79. The fourth-order valence-corrected chi connectivity index (χ4v) is 13.4. The average Bonchev–Trinajstić information content (AvgIpc) is 4.17. The molecule has 0 aromatic heterocycles. The Kier molecular flexibility index (Phi) is 10.7. The van der Waals surface area contributed by atoms with E-state index in [0.717, 1.165) is 18.5 Å². The molecular formula is C74H62N2. The molecule has 1 heterocycles. The van der Waals surface area contributed by atoms with E-state index in [1.807, 2.05) is 0 Å². The van der Waals surface area contributed by atoms with Crippen LogP contribution in [-0.4, -0.2) is 0 Å². The van der Waals surface area contributed by atoms with Gasteiger partial charge in [0.1, 0.15) is 0 Å². The van der Waals surface area contributed by atoms with Gasteiger partial charge >= 0.3 is 0 Å². The first-order chi connectivity index (χ1) is 37.0. The van der Waals surface area contributed by atoms with Gasteiger partial charge in [-0.15, -0.1) is 0 Å². The van der Waals surface area contributed by atoms with Crippen molar-refractivity contribution in [2.75, 3.05) is 9.80 Å². The van der Waals surface area contributed by atoms with Gasteiger partial charge in [-0.3, -0.25) is 0 Å². The molecular weight excluding hydrogens is 917 g/mol. The summed E-state index contributed by atoms with van der Waals surface area (Å²) in [6.07, 6.45) is 15.9. The Hall–Kier alpha value is -8.46. The van der Waals surface area contributed by atoms with E-state index in [4.69, 9.17) is 0 Å². The number of fused-ring (bicyclic) bond motifs is 9. The van der Waals surface area contributed by atoms with Crippen LogP contribution >= 0.6 is 0 Å². The summed E-state index contributed by atoms with van der Waals surface area (Å²) in [5, 5.41) is 0. The Bertz CT molecular complexity index is 3870. The Balaban J connectivity index is 0.789. The van der Waals surface area contributed by atoms with Gasteiger partial charge in [-0.25, -0.2) is 0 Å². The van der Waals surface area contributed by atoms with E-state index in [-0.39, 0.29) is 16.7 Å². The van der Waals surface area contributed by atoms with Gasteiger partial charge in [0.05, 0.1) is 5.69 Å². The maximum absolute atomic E-state index is 2.53. The van der Waals surface area contributed by atoms with Gasteiger partial charge in [-0.05, 0) is 195 Å². The number of hydrogen-bond donors (Lipinski definition) is 0. The molecule has 2 unspecified atom stereocenters. The van der Waals surface area contributed by atoms with E-state index in [1.54, 1.807) is 0 Å². The number of para-hydroxylation sites is 2. The van der Waals surface area contributed by atoms with Crippen molar-refractivity contribution in [1.82, 2.24) is 0 Å². The molecule has 0 saturated carbocycles. The number of benzene rings is 9. The zero-order valence-corrected chi connectivity index (χ0v) is 44.4. The first kappa shape index (κ1) is 46.1. The quantitative estimate of drug-likeness (QED) is 0.150. The molecule has 2 atom stereocenters. The summed E-state index contributed by atoms with van der Waals surface area (Å²) >= 11 is 0. The molecule has 0 amide bonds. The van der Waals surface area contributed by atoms with Crippen molar-refractivity contribution in [1.29, 1.82) is 0 Å². The smallest absolute Gasteiger partial charge is 0.0501 e. The molecule has 0 fully saturated rings. The molecule has 2 nitrogen and oxygen atoms in total. The topological polar surface area (TPSA) is 6.48 Å². The SMILES string of the molecule is Cc1ccc(-c2cc(-c3ccc(C)cc3)cc(C3C=CC=C(c4ccc5c(c4)C(C)(C)c4cc(N(c6ccccc6)c6ccc7c(c6)C(C)(C)c6cc8c(cc6-7)C6CC=CC=C6N8c6ccccc6)ccc4-5)C3)c2)cc1. The average molecular weight is 979 g/mol. The molecule has 9 aromatic carbocycles. The van der Waals surface area contributed by atoms with Crippen molar-refractivity contribution >= 4 is 34.0 Å². The maximum atomic E-state index is 2.53. The lowest BCUT2D eigenvalue weighted by Gasteiger charge is -2.30. The minimum Gasteiger partial charge on any atom is -0.313 e. The van der Waals surface area contributed by atoms with Gasteiger partial charge in [0, 0.05) is 51.1 Å². The van der Waals surface area contributed by atoms with E-state index in [0.29, 0.717) is 5.92 Å². The monoisotopic (exact) mass is 978 g/mol. The summed E-state index contributed by atoms with van der Waals surface area (Å²) in [5.41, 5.74) is 30.9. The Morgan fingerprint density at radius 2 is 1.01 bits per heavy atom. The van der Waals surface area contributed by atoms with Crippen LogP contribution in [0.1, 0.15) is 102 Å². The molecule has 76 heavy (non-hydrogen) atoms. The normalized spacial score (nSPS) is 17.7. The second kappa shape index (κ2) is 17.6. The summed E-state index contributed by atoms with van der Waals surface area (Å²) in [4.78, 5) is 4.99. The summed E-state index contributed by atoms with van der Waals surface area (Å²) in [6, 6.07) is 73.8. The molecule has 5 aliphatic rings. The third-order valence-electron chi connectivity index (χ3n) is 17.6. The first-order valence-electron chi connectivity index (χ1n) is 27.3. The molecule has 2 heteroatoms. The number of rotatable bonds is 8. The largest absolute Gasteiger partial charge is 0.313 e. The predicted octanol–water partition coefficient (Wildman–Crippen LogP) is 19.9. The highest BCUT2D eigenvalue weighted by atomic mass is 15.2. The Labute approximate surface area is 449 Å². The van der Waals surface area contributed by atoms with Gasteiger partial charge < -0.3 is 9.80 Å². The molecule has 0 radical (unpaired) electrons. The summed E-state index contributed by atoms with van der Waals surface area (Å²) in [5.74, 6) is 0.599. The van der Waals surface area contributed by atoms with Gasteiger partial charge in [0.15, 0.2) is 0 Å². The predicted molar refractivity (Wildman–Crippen MR) is 321 cm³/mol. The molecule has 14 rings (SSSR count). The highest BCUT2D eigenvalue weighted by molar-refractivity contribution is 5.92. The van der Waals surface area contributed by atoms with Crippen molar-refractivity contribution < 1.29 is 0 Å². The van der Waals surface area contributed by atoms with Crippen LogP contribution in [0.2, 0.25) is 0 Å². The third-order valence-corrected chi connectivity index (χ3v) is 17.6. The van der Waals surface area contributed by atoms with Crippen molar-refractivity contribution in [3.63, 3.8) is 0 Å². The van der Waals surface area contributed by atoms with Crippen LogP contribution in [0.25, 0.3) is 50.1 Å². The van der Waals surface area contributed by atoms with E-state index in [9.17, 15) is 0 Å². The van der Waals surface area contributed by atoms with Crippen LogP contribution < -0.4 is 9.80 Å². The van der Waals surface area contributed by atoms with E-state index >= 15 is 0 Å². The number of hydrogen-bond acceptors (Lipinski definition) is 2. The molecule has 368 valence electrons. The van der Waals surface area contributed by atoms with Gasteiger partial charge in [-0.2, -0.15) is 0 Å². The standard InChI is InChI=1S/C74H62N2/c1-47-24-28-49(29-25-47)54-39-55(50-30-26-48(2)27-31-50)41-56(40-54)52-17-15-16-51(38-52)53-32-35-61-62-36-33-59(43-68(62)73(3,4)67(61)42-53)75(57-18-9-7-10-19-57)60-34-37-63-65-45-66-64-22-13-14-23-71(64)76(58-20-11-8-12-21-58)72(66)46-70(65)74(5,6)69(63)44-60/h7-21,23-37,39-46,52,64H,22,38H2,1-6H3. The van der Waals surface area contributed by atoms with Crippen LogP contribution in [0.15, 0.2) is 236 Å². The zero-order valence-electron chi connectivity index (χ0n) is 44.4. The Morgan fingerprint density at radius 1 is 0.461 bits per heavy atom. The van der Waals surface area contributed by atoms with E-state index in [2.05, 4.69) is 282 Å². The lowest BCUT2D eigenvalue weighted by molar-refractivity contribution is 0.659. The van der Waals surface area contributed by atoms with Crippen LogP contribution in [-0.2, 0) is 10.8 Å². The van der Waals surface area contributed by atoms with E-state index < -0.39 is 0 Å². The summed E-state index contributed by atoms with van der Waals surface area (Å²) in [7, 11) is 0. The van der Waals surface area contributed by atoms with Crippen LogP contribution in [0.3, 0.4) is 0 Å². The van der Waals surface area contributed by atoms with Gasteiger partial charge in [0.25, 0.3) is 0 Å². The van der Waals surface area contributed by atoms with Crippen LogP contribution in [0, 0.1) is 13.8 Å². The van der Waals surface area contributed by atoms with Crippen LogP contribution in [0.5, 0.6) is 0 Å². The fraction of sp³-hybridized carbons (Fsp3) is 0.162. The fourth-order valence-electron chi connectivity index (χ4n) is 13.4.